The molecule has 1 aliphatic rings. The Morgan fingerprint density at radius 1 is 1.05 bits per heavy atom. The average molecular weight is 331 g/mol. The molecule has 0 fully saturated rings. The van der Waals surface area contributed by atoms with Crippen molar-refractivity contribution in [1.82, 2.24) is 0 Å². The third-order valence-corrected chi connectivity index (χ3v) is 3.94. The number of nitrogens with one attached hydrogen (secondary N) is 2. The van der Waals surface area contributed by atoms with E-state index in [1.54, 1.807) is 0 Å². The van der Waals surface area contributed by atoms with Crippen LogP contribution in [0.25, 0.3) is 0 Å². The van der Waals surface area contributed by atoms with E-state index >= 15 is 0 Å². The number of anilines is 2. The number of aryl methyl sites for hydroxylation is 1. The Balaban J connectivity index is 1.70. The molecule has 102 valence electrons. The molecule has 20 heavy (non-hydrogen) atoms. The maximum Gasteiger partial charge on any atom is 0.246 e. The van der Waals surface area contributed by atoms with Gasteiger partial charge in [0.2, 0.25) is 5.91 Å². The number of carbonyl (C=O) groups is 1. The molecular weight excluding hydrogens is 316 g/mol. The van der Waals surface area contributed by atoms with Crippen molar-refractivity contribution in [2.45, 2.75) is 18.9 Å². The summed E-state index contributed by atoms with van der Waals surface area (Å²) in [6, 6.07) is 15.9. The summed E-state index contributed by atoms with van der Waals surface area (Å²) in [5.41, 5.74) is 3.06. The first kappa shape index (κ1) is 13.2. The lowest BCUT2D eigenvalue weighted by Gasteiger charge is -2.27. The van der Waals surface area contributed by atoms with Gasteiger partial charge in [-0.3, -0.25) is 4.79 Å². The molecule has 0 saturated carbocycles. The van der Waals surface area contributed by atoms with E-state index in [1.807, 2.05) is 36.4 Å². The molecule has 0 saturated heterocycles. The molecule has 2 N–H and O–H groups in total. The highest BCUT2D eigenvalue weighted by atomic mass is 79.9. The number of hydrogen-bond acceptors (Lipinski definition) is 2. The lowest BCUT2D eigenvalue weighted by molar-refractivity contribution is -0.117. The summed E-state index contributed by atoms with van der Waals surface area (Å²) in [5.74, 6) is 0.0377. The van der Waals surface area contributed by atoms with Crippen LogP contribution in [-0.2, 0) is 11.2 Å². The minimum Gasteiger partial charge on any atom is -0.372 e. The number of rotatable bonds is 3. The lowest BCUT2D eigenvalue weighted by atomic mass is 10.0. The second-order valence-electron chi connectivity index (χ2n) is 4.90. The van der Waals surface area contributed by atoms with E-state index in [0.29, 0.717) is 0 Å². The van der Waals surface area contributed by atoms with Gasteiger partial charge in [0.05, 0.1) is 11.4 Å². The fraction of sp³-hybridized carbons (Fsp3) is 0.188. The summed E-state index contributed by atoms with van der Waals surface area (Å²) in [4.78, 5) is 12.1. The summed E-state index contributed by atoms with van der Waals surface area (Å²) in [6.45, 7) is 0. The quantitative estimate of drug-likeness (QED) is 0.898. The Morgan fingerprint density at radius 2 is 1.85 bits per heavy atom. The van der Waals surface area contributed by atoms with Gasteiger partial charge in [-0.15, -0.1) is 0 Å². The van der Waals surface area contributed by atoms with E-state index in [1.165, 1.54) is 5.56 Å². The van der Waals surface area contributed by atoms with Crippen LogP contribution in [0.15, 0.2) is 53.0 Å². The topological polar surface area (TPSA) is 41.1 Å². The van der Waals surface area contributed by atoms with Gasteiger partial charge in [-0.2, -0.15) is 0 Å². The summed E-state index contributed by atoms with van der Waals surface area (Å²) < 4.78 is 1.00. The largest absolute Gasteiger partial charge is 0.372 e. The number of amides is 1. The van der Waals surface area contributed by atoms with E-state index < -0.39 is 0 Å². The first-order valence-corrected chi connectivity index (χ1v) is 7.42. The van der Waals surface area contributed by atoms with E-state index in [4.69, 9.17) is 0 Å². The fourth-order valence-electron chi connectivity index (χ4n) is 2.38. The van der Waals surface area contributed by atoms with Crippen molar-refractivity contribution in [2.75, 3.05) is 10.6 Å². The minimum atomic E-state index is -0.183. The highest BCUT2D eigenvalue weighted by Crippen LogP contribution is 2.30. The SMILES string of the molecule is O=C1Nc2ccc(Br)cc2NC1CCc1ccccc1. The van der Waals surface area contributed by atoms with Crippen LogP contribution in [0.2, 0.25) is 0 Å². The van der Waals surface area contributed by atoms with E-state index in [0.717, 1.165) is 28.7 Å². The number of halogens is 1. The normalized spacial score (nSPS) is 17.1. The molecule has 0 aliphatic carbocycles. The molecule has 3 nitrogen and oxygen atoms in total. The van der Waals surface area contributed by atoms with Crippen molar-refractivity contribution < 1.29 is 4.79 Å². The molecule has 1 aliphatic heterocycles. The van der Waals surface area contributed by atoms with Crippen molar-refractivity contribution >= 4 is 33.2 Å². The third kappa shape index (κ3) is 2.85. The van der Waals surface area contributed by atoms with Gasteiger partial charge in [0.25, 0.3) is 0 Å². The van der Waals surface area contributed by atoms with Crippen LogP contribution < -0.4 is 10.6 Å². The summed E-state index contributed by atoms with van der Waals surface area (Å²) in [7, 11) is 0. The van der Waals surface area contributed by atoms with Crippen molar-refractivity contribution in [1.29, 1.82) is 0 Å². The predicted molar refractivity (Wildman–Crippen MR) is 84.9 cm³/mol. The molecule has 1 heterocycles. The Kier molecular flexibility index (Phi) is 3.74. The molecule has 2 aromatic carbocycles. The first-order chi connectivity index (χ1) is 9.72. The van der Waals surface area contributed by atoms with Crippen LogP contribution in [-0.4, -0.2) is 11.9 Å². The van der Waals surface area contributed by atoms with E-state index in [9.17, 15) is 4.79 Å². The zero-order chi connectivity index (χ0) is 13.9. The summed E-state index contributed by atoms with van der Waals surface area (Å²) in [6.07, 6.45) is 1.66. The van der Waals surface area contributed by atoms with Gasteiger partial charge in [0.1, 0.15) is 6.04 Å². The van der Waals surface area contributed by atoms with Crippen molar-refractivity contribution in [3.8, 4) is 0 Å². The average Bonchev–Trinajstić information content (AvgIpc) is 2.46. The molecular formula is C16H15BrN2O. The molecule has 0 bridgehead atoms. The van der Waals surface area contributed by atoms with Gasteiger partial charge in [-0.05, 0) is 36.6 Å². The molecule has 2 aromatic rings. The van der Waals surface area contributed by atoms with Gasteiger partial charge >= 0.3 is 0 Å². The van der Waals surface area contributed by atoms with Crippen molar-refractivity contribution in [3.63, 3.8) is 0 Å². The highest BCUT2D eigenvalue weighted by molar-refractivity contribution is 9.10. The molecule has 3 rings (SSSR count). The third-order valence-electron chi connectivity index (χ3n) is 3.45. The van der Waals surface area contributed by atoms with Crippen LogP contribution in [0.5, 0.6) is 0 Å². The monoisotopic (exact) mass is 330 g/mol. The van der Waals surface area contributed by atoms with Gasteiger partial charge in [0, 0.05) is 4.47 Å². The highest BCUT2D eigenvalue weighted by Gasteiger charge is 2.24. The Hall–Kier alpha value is -1.81. The number of fused-ring (bicyclic) bond motifs is 1. The summed E-state index contributed by atoms with van der Waals surface area (Å²) in [5, 5.41) is 6.27. The lowest BCUT2D eigenvalue weighted by Crippen LogP contribution is -2.39. The second kappa shape index (κ2) is 5.67. The maximum atomic E-state index is 12.1. The molecule has 1 unspecified atom stereocenters. The second-order valence-corrected chi connectivity index (χ2v) is 5.82. The fourth-order valence-corrected chi connectivity index (χ4v) is 2.74. The van der Waals surface area contributed by atoms with Crippen molar-refractivity contribution in [3.05, 3.63) is 58.6 Å². The molecule has 0 aromatic heterocycles. The van der Waals surface area contributed by atoms with E-state index in [-0.39, 0.29) is 11.9 Å². The molecule has 4 heteroatoms. The number of hydrogen-bond donors (Lipinski definition) is 2. The van der Waals surface area contributed by atoms with Crippen molar-refractivity contribution in [2.24, 2.45) is 0 Å². The Morgan fingerprint density at radius 3 is 2.65 bits per heavy atom. The van der Waals surface area contributed by atoms with Crippen LogP contribution in [0, 0.1) is 0 Å². The van der Waals surface area contributed by atoms with Crippen LogP contribution in [0.1, 0.15) is 12.0 Å². The molecule has 1 atom stereocenters. The van der Waals surface area contributed by atoms with Crippen LogP contribution >= 0.6 is 15.9 Å². The minimum absolute atomic E-state index is 0.0377. The number of benzene rings is 2. The van der Waals surface area contributed by atoms with Gasteiger partial charge in [-0.1, -0.05) is 46.3 Å². The van der Waals surface area contributed by atoms with E-state index in [2.05, 4.69) is 38.7 Å². The van der Waals surface area contributed by atoms with Crippen LogP contribution in [0.3, 0.4) is 0 Å². The maximum absolute atomic E-state index is 12.1. The van der Waals surface area contributed by atoms with Gasteiger partial charge in [0.15, 0.2) is 0 Å². The predicted octanol–water partition coefficient (Wildman–Crippen LogP) is 3.81. The Bertz CT molecular complexity index is 628. The first-order valence-electron chi connectivity index (χ1n) is 6.63. The van der Waals surface area contributed by atoms with Crippen LogP contribution in [0.4, 0.5) is 11.4 Å². The van der Waals surface area contributed by atoms with Gasteiger partial charge in [-0.25, -0.2) is 0 Å². The molecule has 0 spiro atoms. The Labute approximate surface area is 126 Å². The zero-order valence-electron chi connectivity index (χ0n) is 10.9. The smallest absolute Gasteiger partial charge is 0.246 e. The molecule has 0 radical (unpaired) electrons. The van der Waals surface area contributed by atoms with Gasteiger partial charge < -0.3 is 10.6 Å². The summed E-state index contributed by atoms with van der Waals surface area (Å²) >= 11 is 3.45. The standard InChI is InChI=1S/C16H15BrN2O/c17-12-7-9-13-15(10-12)18-14(16(20)19-13)8-6-11-4-2-1-3-5-11/h1-5,7,9-10,14,18H,6,8H2,(H,19,20). The number of carbonyl (C=O) groups excluding carboxylic acids is 1. The molecule has 1 amide bonds. The zero-order valence-corrected chi connectivity index (χ0v) is 12.5.